The molecule has 0 radical (unpaired) electrons. The molecule has 1 N–H and O–H groups in total. The second kappa shape index (κ2) is 7.60. The van der Waals surface area contributed by atoms with E-state index in [0.717, 1.165) is 48.0 Å². The first-order valence-electron chi connectivity index (χ1n) is 7.88. The van der Waals surface area contributed by atoms with Crippen molar-refractivity contribution < 1.29 is 22.8 Å². The van der Waals surface area contributed by atoms with E-state index in [4.69, 9.17) is 0 Å². The van der Waals surface area contributed by atoms with E-state index in [-0.39, 0.29) is 16.8 Å². The van der Waals surface area contributed by atoms with Gasteiger partial charge in [0.1, 0.15) is 5.75 Å². The maximum absolute atomic E-state index is 12.3. The van der Waals surface area contributed by atoms with Gasteiger partial charge in [0.05, 0.1) is 11.0 Å². The smallest absolute Gasteiger partial charge is 0.406 e. The second-order valence-electron chi connectivity index (χ2n) is 5.74. The summed E-state index contributed by atoms with van der Waals surface area (Å²) in [6, 6.07) is 8.57. The molecule has 10 heteroatoms. The van der Waals surface area contributed by atoms with E-state index in [9.17, 15) is 23.3 Å². The van der Waals surface area contributed by atoms with Gasteiger partial charge in [-0.3, -0.25) is 15.0 Å². The predicted octanol–water partition coefficient (Wildman–Crippen LogP) is 3.55. The van der Waals surface area contributed by atoms with Crippen molar-refractivity contribution in [2.75, 3.05) is 26.2 Å². The van der Waals surface area contributed by atoms with Gasteiger partial charge in [-0.25, -0.2) is 0 Å². The Bertz CT molecular complexity index is 758. The van der Waals surface area contributed by atoms with Crippen molar-refractivity contribution in [1.29, 1.82) is 0 Å². The van der Waals surface area contributed by atoms with Gasteiger partial charge in [0.15, 0.2) is 0 Å². The number of piperazine rings is 1. The second-order valence-corrected chi connectivity index (χ2v) is 6.83. The lowest BCUT2D eigenvalue weighted by Crippen LogP contribution is -2.45. The van der Waals surface area contributed by atoms with Crippen molar-refractivity contribution in [3.8, 4) is 5.75 Å². The Balaban J connectivity index is 1.90. The van der Waals surface area contributed by atoms with Crippen LogP contribution in [-0.2, 0) is 0 Å². The Hall–Kier alpha value is -2.17. The predicted molar refractivity (Wildman–Crippen MR) is 90.4 cm³/mol. The first-order valence-corrected chi connectivity index (χ1v) is 8.70. The van der Waals surface area contributed by atoms with Gasteiger partial charge in [-0.15, -0.1) is 13.2 Å². The van der Waals surface area contributed by atoms with Crippen LogP contribution in [0.1, 0.15) is 16.5 Å². The lowest BCUT2D eigenvalue weighted by Gasteiger charge is -2.34. The van der Waals surface area contributed by atoms with Crippen molar-refractivity contribution in [3.05, 3.63) is 57.0 Å². The summed E-state index contributed by atoms with van der Waals surface area (Å²) >= 11 is 1.08. The van der Waals surface area contributed by atoms with Crippen LogP contribution in [0, 0.1) is 10.1 Å². The molecule has 1 aliphatic rings. The molecule has 3 rings (SSSR count). The highest BCUT2D eigenvalue weighted by molar-refractivity contribution is 7.15. The zero-order valence-corrected chi connectivity index (χ0v) is 14.3. The van der Waals surface area contributed by atoms with Crippen LogP contribution in [0.5, 0.6) is 5.75 Å². The topological polar surface area (TPSA) is 67.6 Å². The number of hydrogen-bond acceptors (Lipinski definition) is 6. The average molecular weight is 387 g/mol. The van der Waals surface area contributed by atoms with Gasteiger partial charge < -0.3 is 10.1 Å². The molecule has 140 valence electrons. The van der Waals surface area contributed by atoms with Crippen LogP contribution in [0.25, 0.3) is 0 Å². The fourth-order valence-electron chi connectivity index (χ4n) is 2.93. The van der Waals surface area contributed by atoms with Gasteiger partial charge in [-0.1, -0.05) is 23.5 Å². The van der Waals surface area contributed by atoms with Crippen LogP contribution >= 0.6 is 11.3 Å². The summed E-state index contributed by atoms with van der Waals surface area (Å²) in [6.07, 6.45) is -4.74. The SMILES string of the molecule is O=[N+]([O-])c1ccc([C@@H](c2ccc(OC(F)(F)F)cc2)N2CCNCC2)s1. The van der Waals surface area contributed by atoms with Crippen LogP contribution < -0.4 is 10.1 Å². The van der Waals surface area contributed by atoms with Crippen molar-refractivity contribution in [2.24, 2.45) is 0 Å². The van der Waals surface area contributed by atoms with Gasteiger partial charge in [-0.05, 0) is 23.8 Å². The fraction of sp³-hybridized carbons (Fsp3) is 0.375. The third kappa shape index (κ3) is 4.51. The average Bonchev–Trinajstić information content (AvgIpc) is 3.06. The first-order chi connectivity index (χ1) is 12.3. The largest absolute Gasteiger partial charge is 0.573 e. The molecule has 0 spiro atoms. The molecule has 0 amide bonds. The van der Waals surface area contributed by atoms with E-state index in [1.807, 2.05) is 0 Å². The van der Waals surface area contributed by atoms with Crippen LogP contribution in [0.3, 0.4) is 0 Å². The highest BCUT2D eigenvalue weighted by atomic mass is 32.1. The first kappa shape index (κ1) is 18.6. The number of hydrogen-bond donors (Lipinski definition) is 1. The molecule has 1 atom stereocenters. The quantitative estimate of drug-likeness (QED) is 0.628. The Labute approximate surface area is 151 Å². The molecule has 1 aromatic carbocycles. The van der Waals surface area contributed by atoms with Crippen LogP contribution in [0.2, 0.25) is 0 Å². The van der Waals surface area contributed by atoms with Crippen LogP contribution in [0.4, 0.5) is 18.2 Å². The summed E-state index contributed by atoms with van der Waals surface area (Å²) < 4.78 is 40.9. The zero-order valence-electron chi connectivity index (χ0n) is 13.5. The Morgan fingerprint density at radius 3 is 2.35 bits per heavy atom. The summed E-state index contributed by atoms with van der Waals surface area (Å²) in [6.45, 7) is 3.02. The molecule has 0 bridgehead atoms. The van der Waals surface area contributed by atoms with Gasteiger partial charge in [0, 0.05) is 37.1 Å². The van der Waals surface area contributed by atoms with Crippen molar-refractivity contribution in [3.63, 3.8) is 0 Å². The van der Waals surface area contributed by atoms with Crippen molar-refractivity contribution >= 4 is 16.3 Å². The Morgan fingerprint density at radius 2 is 1.81 bits per heavy atom. The van der Waals surface area contributed by atoms with Gasteiger partial charge >= 0.3 is 11.4 Å². The molecule has 0 aliphatic carbocycles. The normalized spacial score (nSPS) is 17.0. The Morgan fingerprint density at radius 1 is 1.15 bits per heavy atom. The monoisotopic (exact) mass is 387 g/mol. The lowest BCUT2D eigenvalue weighted by atomic mass is 10.0. The number of nitrogens with zero attached hydrogens (tertiary/aromatic N) is 2. The number of nitro groups is 1. The van der Waals surface area contributed by atoms with E-state index >= 15 is 0 Å². The highest BCUT2D eigenvalue weighted by Crippen LogP contribution is 2.37. The molecule has 0 saturated carbocycles. The van der Waals surface area contributed by atoms with Crippen molar-refractivity contribution in [2.45, 2.75) is 12.4 Å². The van der Waals surface area contributed by atoms with Gasteiger partial charge in [0.25, 0.3) is 0 Å². The lowest BCUT2D eigenvalue weighted by molar-refractivity contribution is -0.380. The van der Waals surface area contributed by atoms with Gasteiger partial charge in [-0.2, -0.15) is 0 Å². The molecule has 1 saturated heterocycles. The minimum Gasteiger partial charge on any atom is -0.406 e. The number of benzene rings is 1. The fourth-order valence-corrected chi connectivity index (χ4v) is 3.92. The molecule has 2 heterocycles. The van der Waals surface area contributed by atoms with E-state index in [2.05, 4.69) is 15.0 Å². The molecule has 0 unspecified atom stereocenters. The number of halogens is 3. The summed E-state index contributed by atoms with van der Waals surface area (Å²) in [5, 5.41) is 14.3. The summed E-state index contributed by atoms with van der Waals surface area (Å²) in [7, 11) is 0. The third-order valence-corrected chi connectivity index (χ3v) is 5.10. The third-order valence-electron chi connectivity index (χ3n) is 4.01. The van der Waals surface area contributed by atoms with E-state index in [0.29, 0.717) is 0 Å². The molecule has 1 aliphatic heterocycles. The van der Waals surface area contributed by atoms with E-state index in [1.165, 1.54) is 18.2 Å². The van der Waals surface area contributed by atoms with Crippen LogP contribution in [-0.4, -0.2) is 42.4 Å². The number of nitrogens with one attached hydrogen (secondary N) is 1. The minimum atomic E-state index is -4.74. The molecule has 1 aromatic heterocycles. The molecule has 2 aromatic rings. The maximum Gasteiger partial charge on any atom is 0.573 e. The molecule has 1 fully saturated rings. The molecular weight excluding hydrogens is 371 g/mol. The summed E-state index contributed by atoms with van der Waals surface area (Å²) in [5.41, 5.74) is 0.762. The number of alkyl halides is 3. The molecular formula is C16H16F3N3O3S. The van der Waals surface area contributed by atoms with Crippen molar-refractivity contribution in [1.82, 2.24) is 10.2 Å². The molecule has 26 heavy (non-hydrogen) atoms. The van der Waals surface area contributed by atoms with E-state index in [1.54, 1.807) is 18.2 Å². The molecule has 6 nitrogen and oxygen atoms in total. The maximum atomic E-state index is 12.3. The Kier molecular flexibility index (Phi) is 5.44. The zero-order chi connectivity index (χ0) is 18.7. The van der Waals surface area contributed by atoms with Gasteiger partial charge in [0.2, 0.25) is 0 Å². The number of thiophene rings is 1. The minimum absolute atomic E-state index is 0.0390. The van der Waals surface area contributed by atoms with E-state index < -0.39 is 11.3 Å². The highest BCUT2D eigenvalue weighted by Gasteiger charge is 2.31. The summed E-state index contributed by atoms with van der Waals surface area (Å²) in [4.78, 5) is 13.5. The number of ether oxygens (including phenoxy) is 1. The van der Waals surface area contributed by atoms with Crippen LogP contribution in [0.15, 0.2) is 36.4 Å². The summed E-state index contributed by atoms with van der Waals surface area (Å²) in [5.74, 6) is -0.294. The number of rotatable bonds is 5. The standard InChI is InChI=1S/C16H16F3N3O3S/c17-16(18,19)25-12-3-1-11(2-4-12)15(21-9-7-20-8-10-21)13-5-6-14(26-13)22(23)24/h1-6,15,20H,7-10H2/t15-/m1/s1.